The van der Waals surface area contributed by atoms with E-state index in [4.69, 9.17) is 5.26 Å². The molecule has 6 rings (SSSR count). The highest BCUT2D eigenvalue weighted by Crippen LogP contribution is 2.39. The van der Waals surface area contributed by atoms with E-state index >= 15 is 0 Å². The molecule has 0 aliphatic carbocycles. The van der Waals surface area contributed by atoms with E-state index < -0.39 is 0 Å². The Bertz CT molecular complexity index is 1880. The molecule has 0 fully saturated rings. The van der Waals surface area contributed by atoms with Gasteiger partial charge in [-0.2, -0.15) is 5.26 Å². The molecule has 0 saturated carbocycles. The molecule has 0 aliphatic rings. The topological polar surface area (TPSA) is 133 Å². The average molecular weight is 530 g/mol. The molecule has 0 unspecified atom stereocenters. The summed E-state index contributed by atoms with van der Waals surface area (Å²) in [4.78, 5) is 21.8. The van der Waals surface area contributed by atoms with Gasteiger partial charge in [0.1, 0.15) is 0 Å². The quantitative estimate of drug-likeness (QED) is 0.216. The van der Waals surface area contributed by atoms with E-state index in [2.05, 4.69) is 16.4 Å². The lowest BCUT2D eigenvalue weighted by Crippen LogP contribution is -2.01. The van der Waals surface area contributed by atoms with Crippen molar-refractivity contribution in [2.45, 2.75) is 13.1 Å². The maximum absolute atomic E-state index is 11.0. The third-order valence-electron chi connectivity index (χ3n) is 6.67. The first-order chi connectivity index (χ1) is 19.6. The van der Waals surface area contributed by atoms with Crippen LogP contribution in [0.5, 0.6) is 11.8 Å². The molecule has 2 N–H and O–H groups in total. The number of nitroso groups, excluding NO2 is 2. The van der Waals surface area contributed by atoms with Crippen LogP contribution in [0.3, 0.4) is 0 Å². The Hall–Kier alpha value is -5.75. The highest BCUT2D eigenvalue weighted by molar-refractivity contribution is 5.95. The van der Waals surface area contributed by atoms with Gasteiger partial charge in [-0.25, -0.2) is 0 Å². The fourth-order valence-corrected chi connectivity index (χ4v) is 4.75. The Labute approximate surface area is 228 Å². The molecule has 9 heteroatoms. The molecule has 4 aromatic carbocycles. The Balaban J connectivity index is 0.000000162. The lowest BCUT2D eigenvalue weighted by atomic mass is 10.1. The number of rotatable bonds is 6. The molecular formula is C31H23N5O4. The van der Waals surface area contributed by atoms with Gasteiger partial charge in [-0.1, -0.05) is 84.9 Å². The maximum Gasteiger partial charge on any atom is 0.222 e. The van der Waals surface area contributed by atoms with E-state index in [-0.39, 0.29) is 23.1 Å². The first-order valence-corrected chi connectivity index (χ1v) is 12.4. The average Bonchev–Trinajstić information content (AvgIpc) is 3.43. The molecule has 0 bridgehead atoms. The van der Waals surface area contributed by atoms with E-state index in [1.165, 1.54) is 0 Å². The molecule has 0 amide bonds. The molecule has 6 aromatic rings. The zero-order chi connectivity index (χ0) is 28.1. The maximum atomic E-state index is 11.0. The zero-order valence-electron chi connectivity index (χ0n) is 21.2. The van der Waals surface area contributed by atoms with Gasteiger partial charge in [-0.3, -0.25) is 0 Å². The van der Waals surface area contributed by atoms with Crippen LogP contribution in [0.25, 0.3) is 21.8 Å². The molecule has 2 aromatic heterocycles. The minimum Gasteiger partial charge on any atom is -0.493 e. The number of aromatic hydroxyl groups is 2. The molecule has 9 nitrogen and oxygen atoms in total. The Morgan fingerprint density at radius 1 is 0.625 bits per heavy atom. The Kier molecular flexibility index (Phi) is 7.33. The second-order valence-corrected chi connectivity index (χ2v) is 8.99. The molecule has 0 aliphatic heterocycles. The van der Waals surface area contributed by atoms with E-state index in [1.807, 2.05) is 66.7 Å². The van der Waals surface area contributed by atoms with Gasteiger partial charge in [0.25, 0.3) is 0 Å². The van der Waals surface area contributed by atoms with Crippen LogP contribution >= 0.6 is 0 Å². The summed E-state index contributed by atoms with van der Waals surface area (Å²) in [6.45, 7) is 0.800. The highest BCUT2D eigenvalue weighted by Gasteiger charge is 2.18. The van der Waals surface area contributed by atoms with Crippen molar-refractivity contribution in [2.75, 3.05) is 0 Å². The highest BCUT2D eigenvalue weighted by atomic mass is 16.3. The first kappa shape index (κ1) is 25.9. The van der Waals surface area contributed by atoms with Gasteiger partial charge in [-0.05, 0) is 39.7 Å². The summed E-state index contributed by atoms with van der Waals surface area (Å²) >= 11 is 0. The van der Waals surface area contributed by atoms with Gasteiger partial charge in [0.05, 0.1) is 35.8 Å². The molecule has 2 heterocycles. The molecule has 0 radical (unpaired) electrons. The van der Waals surface area contributed by atoms with E-state index in [0.29, 0.717) is 34.9 Å². The molecule has 0 atom stereocenters. The lowest BCUT2D eigenvalue weighted by Gasteiger charge is -2.08. The second-order valence-electron chi connectivity index (χ2n) is 8.99. The van der Waals surface area contributed by atoms with Crippen LogP contribution in [0.1, 0.15) is 16.7 Å². The number of nitrogens with zero attached hydrogens (tertiary/aromatic N) is 5. The summed E-state index contributed by atoms with van der Waals surface area (Å²) in [5.41, 5.74) is 4.00. The number of nitriles is 1. The Morgan fingerprint density at radius 2 is 1.10 bits per heavy atom. The molecule has 40 heavy (non-hydrogen) atoms. The second kappa shape index (κ2) is 11.3. The summed E-state index contributed by atoms with van der Waals surface area (Å²) < 4.78 is 3.28. The number of benzene rings is 4. The van der Waals surface area contributed by atoms with Gasteiger partial charge in [0, 0.05) is 10.8 Å². The summed E-state index contributed by atoms with van der Waals surface area (Å²) in [6, 6.07) is 33.5. The number of para-hydroxylation sites is 2. The van der Waals surface area contributed by atoms with E-state index in [9.17, 15) is 20.0 Å². The van der Waals surface area contributed by atoms with Gasteiger partial charge < -0.3 is 19.3 Å². The smallest absolute Gasteiger partial charge is 0.222 e. The van der Waals surface area contributed by atoms with Crippen molar-refractivity contribution < 1.29 is 10.2 Å². The van der Waals surface area contributed by atoms with Crippen LogP contribution in [0.2, 0.25) is 0 Å². The summed E-state index contributed by atoms with van der Waals surface area (Å²) in [7, 11) is 0. The number of hydrogen-bond acceptors (Lipinski definition) is 7. The van der Waals surface area contributed by atoms with Crippen molar-refractivity contribution in [3.63, 3.8) is 0 Å². The predicted octanol–water partition coefficient (Wildman–Crippen LogP) is 7.46. The third-order valence-corrected chi connectivity index (χ3v) is 6.67. The molecule has 196 valence electrons. The number of fused-ring (bicyclic) bond motifs is 2. The van der Waals surface area contributed by atoms with Crippen molar-refractivity contribution in [1.29, 1.82) is 5.26 Å². The number of hydrogen-bond donors (Lipinski definition) is 2. The van der Waals surface area contributed by atoms with Crippen LogP contribution in [-0.2, 0) is 13.1 Å². The normalized spacial score (nSPS) is 10.6. The third kappa shape index (κ3) is 4.77. The summed E-state index contributed by atoms with van der Waals surface area (Å²) in [6.07, 6.45) is 0. The first-order valence-electron chi connectivity index (χ1n) is 12.4. The fraction of sp³-hybridized carbons (Fsp3) is 0.0645. The van der Waals surface area contributed by atoms with Crippen LogP contribution in [0, 0.1) is 21.1 Å². The predicted molar refractivity (Wildman–Crippen MR) is 154 cm³/mol. The molecule has 0 saturated heterocycles. The van der Waals surface area contributed by atoms with Crippen molar-refractivity contribution in [3.05, 3.63) is 130 Å². The monoisotopic (exact) mass is 529 g/mol. The van der Waals surface area contributed by atoms with Crippen molar-refractivity contribution in [2.24, 2.45) is 10.4 Å². The zero-order valence-corrected chi connectivity index (χ0v) is 21.2. The van der Waals surface area contributed by atoms with Gasteiger partial charge in [-0.15, -0.1) is 9.81 Å². The minimum absolute atomic E-state index is 0.0278. The van der Waals surface area contributed by atoms with Crippen molar-refractivity contribution >= 4 is 33.2 Å². The Morgan fingerprint density at radius 3 is 1.65 bits per heavy atom. The van der Waals surface area contributed by atoms with Crippen molar-refractivity contribution in [1.82, 2.24) is 9.13 Å². The summed E-state index contributed by atoms with van der Waals surface area (Å²) in [5, 5.41) is 36.6. The summed E-state index contributed by atoms with van der Waals surface area (Å²) in [5.74, 6) is -0.265. The SMILES string of the molecule is N#Cc1ccccc1Cn1c(O)c(N=O)c2ccccc21.O=Nc1c(O)n(Cc2ccccc2)c2ccccc12. The van der Waals surface area contributed by atoms with E-state index in [1.54, 1.807) is 45.5 Å². The van der Waals surface area contributed by atoms with E-state index in [0.717, 1.165) is 16.6 Å². The van der Waals surface area contributed by atoms with Crippen molar-refractivity contribution in [3.8, 4) is 17.8 Å². The molecule has 0 spiro atoms. The number of aromatic nitrogens is 2. The van der Waals surface area contributed by atoms with Crippen LogP contribution < -0.4 is 0 Å². The largest absolute Gasteiger partial charge is 0.493 e. The van der Waals surface area contributed by atoms with Gasteiger partial charge in [0.2, 0.25) is 11.8 Å². The van der Waals surface area contributed by atoms with Crippen LogP contribution in [0.4, 0.5) is 11.4 Å². The van der Waals surface area contributed by atoms with Gasteiger partial charge in [0.15, 0.2) is 11.4 Å². The van der Waals surface area contributed by atoms with Crippen LogP contribution in [0.15, 0.2) is 113 Å². The molecular weight excluding hydrogens is 506 g/mol. The van der Waals surface area contributed by atoms with Crippen LogP contribution in [-0.4, -0.2) is 19.3 Å². The standard InChI is InChI=1S/C16H11N3O2.C15H12N2O2/c17-9-11-5-1-2-6-12(11)10-19-14-8-4-3-7-13(14)15(18-21)16(19)20;18-15-14(16-19)12-8-4-5-9-13(12)17(15)10-11-6-2-1-3-7-11/h1-8,20H,10H2;1-9,18H,10H2. The minimum atomic E-state index is -0.182. The van der Waals surface area contributed by atoms with Gasteiger partial charge >= 0.3 is 0 Å². The fourth-order valence-electron chi connectivity index (χ4n) is 4.75. The lowest BCUT2D eigenvalue weighted by molar-refractivity contribution is 0.429.